The molecule has 1 aromatic heterocycles. The number of pyridine rings is 1. The number of aromatic nitrogens is 1. The minimum absolute atomic E-state index is 0.719. The zero-order valence-corrected chi connectivity index (χ0v) is 6.52. The first-order chi connectivity index (χ1) is 4.84. The monoisotopic (exact) mass is 156 g/mol. The fourth-order valence-corrected chi connectivity index (χ4v) is 0.904. The molecule has 0 atom stereocenters. The lowest BCUT2D eigenvalue weighted by Gasteiger charge is -1.99. The van der Waals surface area contributed by atoms with Crippen LogP contribution in [-0.2, 0) is 6.54 Å². The number of rotatable bonds is 2. The second-order valence-corrected chi connectivity index (χ2v) is 2.37. The van der Waals surface area contributed by atoms with E-state index >= 15 is 0 Å². The zero-order chi connectivity index (χ0) is 7.40. The fourth-order valence-electron chi connectivity index (χ4n) is 0.716. The van der Waals surface area contributed by atoms with Crippen LogP contribution in [0.2, 0.25) is 5.02 Å². The Hall–Kier alpha value is -0.600. The molecule has 0 saturated heterocycles. The Labute approximate surface area is 65.2 Å². The Morgan fingerprint density at radius 1 is 1.70 bits per heavy atom. The molecule has 0 amide bonds. The van der Waals surface area contributed by atoms with Crippen LogP contribution in [0.15, 0.2) is 18.3 Å². The summed E-state index contributed by atoms with van der Waals surface area (Å²) >= 11 is 5.80. The van der Waals surface area contributed by atoms with Crippen LogP contribution in [-0.4, -0.2) is 12.0 Å². The molecule has 1 rings (SSSR count). The molecular weight excluding hydrogens is 148 g/mol. The summed E-state index contributed by atoms with van der Waals surface area (Å²) in [5, 5.41) is 3.70. The predicted molar refractivity (Wildman–Crippen MR) is 42.0 cm³/mol. The van der Waals surface area contributed by atoms with Crippen molar-refractivity contribution in [1.29, 1.82) is 0 Å². The number of nitrogens with zero attached hydrogens (tertiary/aromatic N) is 1. The van der Waals surface area contributed by atoms with Crippen molar-refractivity contribution in [1.82, 2.24) is 10.3 Å². The van der Waals surface area contributed by atoms with Crippen molar-refractivity contribution in [3.05, 3.63) is 29.0 Å². The third-order valence-corrected chi connectivity index (χ3v) is 1.52. The minimum Gasteiger partial charge on any atom is -0.314 e. The van der Waals surface area contributed by atoms with Crippen molar-refractivity contribution < 1.29 is 0 Å². The Kier molecular flexibility index (Phi) is 2.66. The summed E-state index contributed by atoms with van der Waals surface area (Å²) in [6, 6.07) is 3.66. The first kappa shape index (κ1) is 7.51. The van der Waals surface area contributed by atoms with E-state index in [-0.39, 0.29) is 0 Å². The van der Waals surface area contributed by atoms with Crippen LogP contribution in [0, 0.1) is 0 Å². The maximum atomic E-state index is 5.80. The van der Waals surface area contributed by atoms with Crippen molar-refractivity contribution in [2.75, 3.05) is 7.05 Å². The van der Waals surface area contributed by atoms with E-state index in [9.17, 15) is 0 Å². The summed E-state index contributed by atoms with van der Waals surface area (Å²) < 4.78 is 0. The average molecular weight is 157 g/mol. The summed E-state index contributed by atoms with van der Waals surface area (Å²) in [7, 11) is 1.87. The molecule has 3 heteroatoms. The molecule has 0 spiro atoms. The number of hydrogen-bond acceptors (Lipinski definition) is 2. The molecule has 0 aliphatic heterocycles. The summed E-state index contributed by atoms with van der Waals surface area (Å²) in [4.78, 5) is 4.07. The predicted octanol–water partition coefficient (Wildman–Crippen LogP) is 1.45. The van der Waals surface area contributed by atoms with Gasteiger partial charge in [-0.3, -0.25) is 4.98 Å². The molecule has 0 unspecified atom stereocenters. The second kappa shape index (κ2) is 3.54. The lowest BCUT2D eigenvalue weighted by molar-refractivity contribution is 0.791. The van der Waals surface area contributed by atoms with Crippen LogP contribution >= 0.6 is 11.6 Å². The Morgan fingerprint density at radius 3 is 3.10 bits per heavy atom. The maximum absolute atomic E-state index is 5.80. The van der Waals surface area contributed by atoms with Crippen molar-refractivity contribution >= 4 is 11.6 Å². The molecule has 0 radical (unpaired) electrons. The largest absolute Gasteiger partial charge is 0.314 e. The van der Waals surface area contributed by atoms with E-state index in [4.69, 9.17) is 11.6 Å². The molecule has 54 valence electrons. The van der Waals surface area contributed by atoms with Gasteiger partial charge < -0.3 is 5.32 Å². The van der Waals surface area contributed by atoms with Gasteiger partial charge in [0.2, 0.25) is 0 Å². The molecule has 1 N–H and O–H groups in total. The van der Waals surface area contributed by atoms with E-state index in [1.54, 1.807) is 6.20 Å². The van der Waals surface area contributed by atoms with E-state index in [1.807, 2.05) is 19.2 Å². The van der Waals surface area contributed by atoms with Crippen molar-refractivity contribution in [2.24, 2.45) is 0 Å². The summed E-state index contributed by atoms with van der Waals surface area (Å²) in [5.41, 5.74) is 0.895. The highest BCUT2D eigenvalue weighted by Gasteiger charge is 1.96. The van der Waals surface area contributed by atoms with Crippen molar-refractivity contribution in [3.63, 3.8) is 0 Å². The van der Waals surface area contributed by atoms with Gasteiger partial charge in [-0.1, -0.05) is 11.6 Å². The molecular formula is C7H9ClN2. The molecule has 0 aliphatic carbocycles. The first-order valence-corrected chi connectivity index (χ1v) is 3.46. The average Bonchev–Trinajstić information content (AvgIpc) is 1.94. The highest BCUT2D eigenvalue weighted by Crippen LogP contribution is 2.10. The normalized spacial score (nSPS) is 9.80. The van der Waals surface area contributed by atoms with Crippen LogP contribution < -0.4 is 5.32 Å². The standard InChI is InChI=1S/C7H9ClN2/c1-9-5-7-6(8)3-2-4-10-7/h2-4,9H,5H2,1H3. The summed E-state index contributed by atoms with van der Waals surface area (Å²) in [6.07, 6.45) is 1.73. The number of halogens is 1. The van der Waals surface area contributed by atoms with Crippen molar-refractivity contribution in [3.8, 4) is 0 Å². The molecule has 0 saturated carbocycles. The number of nitrogens with one attached hydrogen (secondary N) is 1. The molecule has 0 bridgehead atoms. The van der Waals surface area contributed by atoms with Crippen LogP contribution in [0.3, 0.4) is 0 Å². The van der Waals surface area contributed by atoms with Gasteiger partial charge in [-0.05, 0) is 19.2 Å². The van der Waals surface area contributed by atoms with Crippen LogP contribution in [0.5, 0.6) is 0 Å². The van der Waals surface area contributed by atoms with Gasteiger partial charge in [-0.15, -0.1) is 0 Å². The highest BCUT2D eigenvalue weighted by molar-refractivity contribution is 6.31. The molecule has 1 heterocycles. The van der Waals surface area contributed by atoms with Gasteiger partial charge in [0.15, 0.2) is 0 Å². The molecule has 0 aromatic carbocycles. The van der Waals surface area contributed by atoms with Gasteiger partial charge >= 0.3 is 0 Å². The maximum Gasteiger partial charge on any atom is 0.0727 e. The van der Waals surface area contributed by atoms with Gasteiger partial charge in [0.25, 0.3) is 0 Å². The van der Waals surface area contributed by atoms with Crippen LogP contribution in [0.25, 0.3) is 0 Å². The molecule has 2 nitrogen and oxygen atoms in total. The van der Waals surface area contributed by atoms with E-state index in [2.05, 4.69) is 10.3 Å². The van der Waals surface area contributed by atoms with E-state index in [0.717, 1.165) is 17.3 Å². The van der Waals surface area contributed by atoms with Crippen molar-refractivity contribution in [2.45, 2.75) is 6.54 Å². The highest BCUT2D eigenvalue weighted by atomic mass is 35.5. The van der Waals surface area contributed by atoms with Crippen LogP contribution in [0.1, 0.15) is 5.69 Å². The van der Waals surface area contributed by atoms with Gasteiger partial charge in [0.05, 0.1) is 10.7 Å². The van der Waals surface area contributed by atoms with E-state index < -0.39 is 0 Å². The topological polar surface area (TPSA) is 24.9 Å². The zero-order valence-electron chi connectivity index (χ0n) is 5.76. The fraction of sp³-hybridized carbons (Fsp3) is 0.286. The smallest absolute Gasteiger partial charge is 0.0727 e. The minimum atomic E-state index is 0.719. The van der Waals surface area contributed by atoms with Gasteiger partial charge in [0.1, 0.15) is 0 Å². The molecule has 0 fully saturated rings. The quantitative estimate of drug-likeness (QED) is 0.701. The Morgan fingerprint density at radius 2 is 2.50 bits per heavy atom. The van der Waals surface area contributed by atoms with Gasteiger partial charge in [-0.25, -0.2) is 0 Å². The first-order valence-electron chi connectivity index (χ1n) is 3.08. The Balaban J connectivity index is 2.81. The Bertz CT molecular complexity index is 213. The second-order valence-electron chi connectivity index (χ2n) is 1.96. The SMILES string of the molecule is CNCc1ncccc1Cl. The van der Waals surface area contributed by atoms with E-state index in [1.165, 1.54) is 0 Å². The molecule has 1 aromatic rings. The number of hydrogen-bond donors (Lipinski definition) is 1. The van der Waals surface area contributed by atoms with Crippen LogP contribution in [0.4, 0.5) is 0 Å². The lowest BCUT2D eigenvalue weighted by Crippen LogP contribution is -2.06. The summed E-state index contributed by atoms with van der Waals surface area (Å²) in [5.74, 6) is 0. The van der Waals surface area contributed by atoms with E-state index in [0.29, 0.717) is 0 Å². The van der Waals surface area contributed by atoms with Gasteiger partial charge in [-0.2, -0.15) is 0 Å². The van der Waals surface area contributed by atoms with Gasteiger partial charge in [0, 0.05) is 12.7 Å². The molecule has 0 aliphatic rings. The molecule has 10 heavy (non-hydrogen) atoms. The lowest BCUT2D eigenvalue weighted by atomic mass is 10.3. The summed E-state index contributed by atoms with van der Waals surface area (Å²) in [6.45, 7) is 0.722. The third kappa shape index (κ3) is 1.69. The third-order valence-electron chi connectivity index (χ3n) is 1.18.